The molecule has 0 saturated carbocycles. The maximum absolute atomic E-state index is 9.03. The Morgan fingerprint density at radius 2 is 1.89 bits per heavy atom. The molecule has 19 heavy (non-hydrogen) atoms. The van der Waals surface area contributed by atoms with Gasteiger partial charge in [0.1, 0.15) is 5.75 Å². The van der Waals surface area contributed by atoms with Gasteiger partial charge in [-0.15, -0.1) is 0 Å². The Hall–Kier alpha value is -2.41. The molecular formula is C15H15N3O. The van der Waals surface area contributed by atoms with Gasteiger partial charge in [0.05, 0.1) is 31.1 Å². The molecule has 0 radical (unpaired) electrons. The van der Waals surface area contributed by atoms with E-state index < -0.39 is 0 Å². The highest BCUT2D eigenvalue weighted by atomic mass is 16.5. The Morgan fingerprint density at radius 3 is 2.53 bits per heavy atom. The number of hydrogen-bond donors (Lipinski definition) is 0. The predicted octanol–water partition coefficient (Wildman–Crippen LogP) is 3.15. The molecular weight excluding hydrogens is 238 g/mol. The van der Waals surface area contributed by atoms with Crippen LogP contribution >= 0.6 is 0 Å². The second kappa shape index (κ2) is 5.49. The average molecular weight is 253 g/mol. The standard InChI is InChI=1S/C15H15N3O/c1-10(2)13-8-17-18-9-14(13)12-6-11(7-16)4-5-15(12)19-3/h4-6,8-10H,1-3H3. The van der Waals surface area contributed by atoms with Crippen molar-refractivity contribution in [2.24, 2.45) is 0 Å². The molecule has 4 nitrogen and oxygen atoms in total. The van der Waals surface area contributed by atoms with E-state index in [2.05, 4.69) is 30.1 Å². The Kier molecular flexibility index (Phi) is 3.76. The van der Waals surface area contributed by atoms with Gasteiger partial charge in [0.2, 0.25) is 0 Å². The topological polar surface area (TPSA) is 58.8 Å². The number of methoxy groups -OCH3 is 1. The summed E-state index contributed by atoms with van der Waals surface area (Å²) >= 11 is 0. The third-order valence-corrected chi connectivity index (χ3v) is 3.00. The first-order valence-electron chi connectivity index (χ1n) is 6.06. The van der Waals surface area contributed by atoms with Crippen molar-refractivity contribution in [1.29, 1.82) is 5.26 Å². The van der Waals surface area contributed by atoms with Crippen LogP contribution in [0.4, 0.5) is 0 Å². The van der Waals surface area contributed by atoms with Gasteiger partial charge in [-0.1, -0.05) is 13.8 Å². The van der Waals surface area contributed by atoms with Crippen molar-refractivity contribution in [3.8, 4) is 22.9 Å². The summed E-state index contributed by atoms with van der Waals surface area (Å²) in [5.41, 5.74) is 3.52. The molecule has 0 fully saturated rings. The molecule has 96 valence electrons. The minimum absolute atomic E-state index is 0.320. The Balaban J connectivity index is 2.67. The number of ether oxygens (including phenoxy) is 1. The zero-order chi connectivity index (χ0) is 13.8. The molecule has 0 saturated heterocycles. The van der Waals surface area contributed by atoms with Gasteiger partial charge >= 0.3 is 0 Å². The van der Waals surface area contributed by atoms with Gasteiger partial charge in [-0.3, -0.25) is 0 Å². The van der Waals surface area contributed by atoms with E-state index >= 15 is 0 Å². The zero-order valence-electron chi connectivity index (χ0n) is 11.2. The summed E-state index contributed by atoms with van der Waals surface area (Å²) < 4.78 is 5.38. The molecule has 4 heteroatoms. The van der Waals surface area contributed by atoms with E-state index in [4.69, 9.17) is 10.00 Å². The summed E-state index contributed by atoms with van der Waals surface area (Å²) in [5, 5.41) is 16.9. The first-order chi connectivity index (χ1) is 9.17. The van der Waals surface area contributed by atoms with Crippen LogP contribution in [-0.2, 0) is 0 Å². The van der Waals surface area contributed by atoms with Crippen LogP contribution in [0.3, 0.4) is 0 Å². The van der Waals surface area contributed by atoms with E-state index in [9.17, 15) is 0 Å². The molecule has 0 N–H and O–H groups in total. The first-order valence-corrected chi connectivity index (χ1v) is 6.06. The van der Waals surface area contributed by atoms with E-state index in [0.717, 1.165) is 22.4 Å². The molecule has 1 aromatic carbocycles. The van der Waals surface area contributed by atoms with Crippen LogP contribution in [0.5, 0.6) is 5.75 Å². The van der Waals surface area contributed by atoms with Gasteiger partial charge < -0.3 is 4.74 Å². The van der Waals surface area contributed by atoms with Crippen molar-refractivity contribution in [3.63, 3.8) is 0 Å². The second-order valence-corrected chi connectivity index (χ2v) is 4.54. The third-order valence-electron chi connectivity index (χ3n) is 3.00. The smallest absolute Gasteiger partial charge is 0.126 e. The van der Waals surface area contributed by atoms with Crippen LogP contribution in [-0.4, -0.2) is 17.3 Å². The zero-order valence-corrected chi connectivity index (χ0v) is 11.2. The molecule has 2 aromatic rings. The van der Waals surface area contributed by atoms with Gasteiger partial charge in [-0.25, -0.2) is 0 Å². The molecule has 0 unspecified atom stereocenters. The Labute approximate surface area is 112 Å². The largest absolute Gasteiger partial charge is 0.496 e. The summed E-state index contributed by atoms with van der Waals surface area (Å²) in [6.45, 7) is 4.20. The second-order valence-electron chi connectivity index (χ2n) is 4.54. The minimum atomic E-state index is 0.320. The van der Waals surface area contributed by atoms with Crippen molar-refractivity contribution in [1.82, 2.24) is 10.2 Å². The van der Waals surface area contributed by atoms with E-state index in [1.165, 1.54) is 0 Å². The lowest BCUT2D eigenvalue weighted by molar-refractivity contribution is 0.416. The molecule has 0 atom stereocenters. The molecule has 0 aliphatic rings. The number of benzene rings is 1. The Bertz CT molecular complexity index is 630. The summed E-state index contributed by atoms with van der Waals surface area (Å²) in [7, 11) is 1.62. The highest BCUT2D eigenvalue weighted by Crippen LogP contribution is 2.34. The van der Waals surface area contributed by atoms with Gasteiger partial charge in [0, 0.05) is 11.1 Å². The van der Waals surface area contributed by atoms with E-state index in [-0.39, 0.29) is 0 Å². The van der Waals surface area contributed by atoms with Crippen LogP contribution in [0.2, 0.25) is 0 Å². The molecule has 0 aliphatic heterocycles. The predicted molar refractivity (Wildman–Crippen MR) is 72.8 cm³/mol. The van der Waals surface area contributed by atoms with Gasteiger partial charge in [-0.05, 0) is 29.7 Å². The van der Waals surface area contributed by atoms with Crippen molar-refractivity contribution in [2.45, 2.75) is 19.8 Å². The van der Waals surface area contributed by atoms with Crippen LogP contribution < -0.4 is 4.74 Å². The number of aromatic nitrogens is 2. The average Bonchev–Trinajstić information content (AvgIpc) is 2.46. The monoisotopic (exact) mass is 253 g/mol. The quantitative estimate of drug-likeness (QED) is 0.843. The molecule has 0 aliphatic carbocycles. The normalized spacial score (nSPS) is 10.3. The van der Waals surface area contributed by atoms with Crippen molar-refractivity contribution in [3.05, 3.63) is 41.7 Å². The highest BCUT2D eigenvalue weighted by molar-refractivity contribution is 5.74. The maximum atomic E-state index is 9.03. The van der Waals surface area contributed by atoms with Crippen molar-refractivity contribution in [2.75, 3.05) is 7.11 Å². The lowest BCUT2D eigenvalue weighted by Crippen LogP contribution is -1.98. The third kappa shape index (κ3) is 2.55. The van der Waals surface area contributed by atoms with Gasteiger partial charge in [-0.2, -0.15) is 15.5 Å². The fourth-order valence-electron chi connectivity index (χ4n) is 2.00. The van der Waals surface area contributed by atoms with Crippen molar-refractivity contribution < 1.29 is 4.74 Å². The summed E-state index contributed by atoms with van der Waals surface area (Å²) in [6.07, 6.45) is 3.48. The molecule has 0 amide bonds. The molecule has 1 heterocycles. The molecule has 2 rings (SSSR count). The van der Waals surface area contributed by atoms with E-state index in [1.54, 1.807) is 31.6 Å². The highest BCUT2D eigenvalue weighted by Gasteiger charge is 2.14. The SMILES string of the molecule is COc1ccc(C#N)cc1-c1cnncc1C(C)C. The van der Waals surface area contributed by atoms with E-state index in [0.29, 0.717) is 11.5 Å². The summed E-state index contributed by atoms with van der Waals surface area (Å²) in [4.78, 5) is 0. The van der Waals surface area contributed by atoms with Gasteiger partial charge in [0.25, 0.3) is 0 Å². The van der Waals surface area contributed by atoms with Crippen molar-refractivity contribution >= 4 is 0 Å². The fourth-order valence-corrected chi connectivity index (χ4v) is 2.00. The summed E-state index contributed by atoms with van der Waals surface area (Å²) in [5.74, 6) is 1.05. The number of rotatable bonds is 3. The van der Waals surface area contributed by atoms with Gasteiger partial charge in [0.15, 0.2) is 0 Å². The van der Waals surface area contributed by atoms with Crippen LogP contribution in [0.15, 0.2) is 30.6 Å². The maximum Gasteiger partial charge on any atom is 0.126 e. The summed E-state index contributed by atoms with van der Waals surface area (Å²) in [6, 6.07) is 7.51. The fraction of sp³-hybridized carbons (Fsp3) is 0.267. The first kappa shape index (κ1) is 13.0. The van der Waals surface area contributed by atoms with Crippen LogP contribution in [0, 0.1) is 11.3 Å². The number of nitrogens with zero attached hydrogens (tertiary/aromatic N) is 3. The molecule has 0 spiro atoms. The van der Waals surface area contributed by atoms with E-state index in [1.807, 2.05) is 6.07 Å². The minimum Gasteiger partial charge on any atom is -0.496 e. The molecule has 0 bridgehead atoms. The Morgan fingerprint density at radius 1 is 1.16 bits per heavy atom. The van der Waals surface area contributed by atoms with Crippen LogP contribution in [0.1, 0.15) is 30.9 Å². The molecule has 1 aromatic heterocycles. The number of hydrogen-bond acceptors (Lipinski definition) is 4. The lowest BCUT2D eigenvalue weighted by atomic mass is 9.94. The lowest BCUT2D eigenvalue weighted by Gasteiger charge is -2.14. The number of nitriles is 1. The van der Waals surface area contributed by atoms with Crippen LogP contribution in [0.25, 0.3) is 11.1 Å².